The van der Waals surface area contributed by atoms with Gasteiger partial charge in [0.15, 0.2) is 11.0 Å². The Balaban J connectivity index is 1.20. The number of nitrogens with one attached hydrogen (secondary N) is 1. The van der Waals surface area contributed by atoms with Crippen LogP contribution in [-0.4, -0.2) is 58.1 Å². The number of amides is 2. The quantitative estimate of drug-likeness (QED) is 0.253. The lowest BCUT2D eigenvalue weighted by molar-refractivity contribution is -0.120. The van der Waals surface area contributed by atoms with Crippen molar-refractivity contribution in [1.82, 2.24) is 19.1 Å². The van der Waals surface area contributed by atoms with Gasteiger partial charge in [0.05, 0.1) is 28.1 Å². The summed E-state index contributed by atoms with van der Waals surface area (Å²) in [4.78, 5) is 27.4. The fourth-order valence-electron chi connectivity index (χ4n) is 5.82. The van der Waals surface area contributed by atoms with Crippen molar-refractivity contribution in [2.75, 3.05) is 29.1 Å². The molecule has 1 fully saturated rings. The molecule has 2 aliphatic rings. The van der Waals surface area contributed by atoms with Crippen molar-refractivity contribution in [1.29, 1.82) is 0 Å². The van der Waals surface area contributed by atoms with Crippen LogP contribution in [0.1, 0.15) is 24.7 Å². The van der Waals surface area contributed by atoms with Gasteiger partial charge in [0.25, 0.3) is 0 Å². The minimum atomic E-state index is -3.84. The zero-order valence-electron chi connectivity index (χ0n) is 23.5. The van der Waals surface area contributed by atoms with Crippen LogP contribution in [0, 0.1) is 0 Å². The number of fused-ring (bicyclic) bond motifs is 2. The number of rotatable bonds is 7. The number of sulfonamides is 1. The number of hydrogen-bond acceptors (Lipinski definition) is 7. The van der Waals surface area contributed by atoms with Gasteiger partial charge in [0, 0.05) is 12.2 Å². The highest BCUT2D eigenvalue weighted by Crippen LogP contribution is 2.39. The first-order valence-corrected chi connectivity index (χ1v) is 16.7. The van der Waals surface area contributed by atoms with E-state index in [9.17, 15) is 18.0 Å². The summed E-state index contributed by atoms with van der Waals surface area (Å²) in [6.07, 6.45) is 1.26. The third-order valence-electron chi connectivity index (χ3n) is 7.90. The standard InChI is InChI=1S/C32H28N6O4S2/c39-29-20-36(27-14-7-6-13-26(27)33-29)30(40)21-43-32-35-34-31(38(32)24-11-2-1-3-12-24)28-15-8-18-37(28)44(41,42)25-17-16-22-9-4-5-10-23(22)19-25/h1-7,9-14,16-17,19,28H,8,15,18,20-21H2,(H,33,39)/t28-/m1/s1. The lowest BCUT2D eigenvalue weighted by Gasteiger charge is -2.29. The molecular formula is C32H28N6O4S2. The van der Waals surface area contributed by atoms with Crippen molar-refractivity contribution in [2.24, 2.45) is 0 Å². The summed E-state index contributed by atoms with van der Waals surface area (Å²) in [7, 11) is -3.84. The summed E-state index contributed by atoms with van der Waals surface area (Å²) in [5, 5.41) is 14.1. The second kappa shape index (κ2) is 11.5. The van der Waals surface area contributed by atoms with E-state index >= 15 is 0 Å². The third-order valence-corrected chi connectivity index (χ3v) is 10.7. The number of nitrogens with zero attached hydrogens (tertiary/aromatic N) is 5. The second-order valence-corrected chi connectivity index (χ2v) is 13.5. The molecule has 7 rings (SSSR count). The van der Waals surface area contributed by atoms with Gasteiger partial charge in [0.2, 0.25) is 21.8 Å². The van der Waals surface area contributed by atoms with Gasteiger partial charge in [-0.1, -0.05) is 72.4 Å². The third kappa shape index (κ3) is 5.14. The first-order chi connectivity index (χ1) is 21.4. The molecule has 10 nitrogen and oxygen atoms in total. The minimum absolute atomic E-state index is 0.0103. The Morgan fingerprint density at radius 2 is 1.66 bits per heavy atom. The molecule has 0 unspecified atom stereocenters. The van der Waals surface area contributed by atoms with Crippen LogP contribution in [-0.2, 0) is 19.6 Å². The molecule has 2 amide bonds. The average molecular weight is 625 g/mol. The van der Waals surface area contributed by atoms with Crippen molar-refractivity contribution < 1.29 is 18.0 Å². The van der Waals surface area contributed by atoms with Gasteiger partial charge in [-0.2, -0.15) is 4.31 Å². The molecular weight excluding hydrogens is 597 g/mol. The Bertz CT molecular complexity index is 2000. The summed E-state index contributed by atoms with van der Waals surface area (Å²) < 4.78 is 31.4. The smallest absolute Gasteiger partial charge is 0.244 e. The highest BCUT2D eigenvalue weighted by Gasteiger charge is 2.40. The van der Waals surface area contributed by atoms with E-state index in [1.807, 2.05) is 71.3 Å². The maximum atomic E-state index is 14.0. The zero-order valence-corrected chi connectivity index (χ0v) is 25.2. The molecule has 1 N–H and O–H groups in total. The van der Waals surface area contributed by atoms with Crippen molar-refractivity contribution in [3.8, 4) is 5.69 Å². The molecule has 0 spiro atoms. The second-order valence-electron chi connectivity index (χ2n) is 10.6. The van der Waals surface area contributed by atoms with E-state index < -0.39 is 16.1 Å². The average Bonchev–Trinajstić information content (AvgIpc) is 3.71. The molecule has 1 aromatic heterocycles. The fourth-order valence-corrected chi connectivity index (χ4v) is 8.35. The van der Waals surface area contributed by atoms with E-state index in [1.165, 1.54) is 21.0 Å². The Morgan fingerprint density at radius 1 is 0.909 bits per heavy atom. The number of aromatic nitrogens is 3. The molecule has 3 heterocycles. The number of hydrogen-bond donors (Lipinski definition) is 1. The molecule has 1 saturated heterocycles. The van der Waals surface area contributed by atoms with Crippen LogP contribution in [0.2, 0.25) is 0 Å². The van der Waals surface area contributed by atoms with E-state index in [4.69, 9.17) is 0 Å². The minimum Gasteiger partial charge on any atom is -0.323 e. The highest BCUT2D eigenvalue weighted by atomic mass is 32.2. The number of benzene rings is 4. The van der Waals surface area contributed by atoms with Crippen LogP contribution in [0.4, 0.5) is 11.4 Å². The Labute approximate surface area is 258 Å². The largest absolute Gasteiger partial charge is 0.323 e. The summed E-state index contributed by atoms with van der Waals surface area (Å²) in [5.41, 5.74) is 1.99. The van der Waals surface area contributed by atoms with Gasteiger partial charge in [-0.3, -0.25) is 14.2 Å². The van der Waals surface area contributed by atoms with Gasteiger partial charge in [0.1, 0.15) is 6.54 Å². The number of carbonyl (C=O) groups excluding carboxylic acids is 2. The Hall–Kier alpha value is -4.52. The molecule has 5 aromatic rings. The van der Waals surface area contributed by atoms with Crippen molar-refractivity contribution in [3.63, 3.8) is 0 Å². The van der Waals surface area contributed by atoms with Gasteiger partial charge in [-0.25, -0.2) is 8.42 Å². The molecule has 1 atom stereocenters. The van der Waals surface area contributed by atoms with E-state index in [2.05, 4.69) is 15.5 Å². The van der Waals surface area contributed by atoms with E-state index in [1.54, 1.807) is 30.3 Å². The summed E-state index contributed by atoms with van der Waals surface area (Å²) in [6, 6.07) is 29.0. The molecule has 0 aliphatic carbocycles. The summed E-state index contributed by atoms with van der Waals surface area (Å²) >= 11 is 1.20. The summed E-state index contributed by atoms with van der Waals surface area (Å²) in [6.45, 7) is 0.287. The number of carbonyl (C=O) groups is 2. The summed E-state index contributed by atoms with van der Waals surface area (Å²) in [5.74, 6) is 0.000344. The van der Waals surface area contributed by atoms with Crippen LogP contribution in [0.5, 0.6) is 0 Å². The topological polar surface area (TPSA) is 118 Å². The van der Waals surface area contributed by atoms with Gasteiger partial charge >= 0.3 is 0 Å². The van der Waals surface area contributed by atoms with Crippen LogP contribution < -0.4 is 10.2 Å². The molecule has 2 aliphatic heterocycles. The van der Waals surface area contributed by atoms with Crippen LogP contribution in [0.15, 0.2) is 107 Å². The van der Waals surface area contributed by atoms with Gasteiger partial charge < -0.3 is 10.2 Å². The van der Waals surface area contributed by atoms with Crippen molar-refractivity contribution in [2.45, 2.75) is 28.9 Å². The first kappa shape index (κ1) is 28.3. The normalized spacial score (nSPS) is 17.0. The molecule has 0 radical (unpaired) electrons. The zero-order chi connectivity index (χ0) is 30.3. The predicted octanol–water partition coefficient (Wildman–Crippen LogP) is 5.02. The van der Waals surface area contributed by atoms with E-state index in [0.717, 1.165) is 16.5 Å². The molecule has 12 heteroatoms. The first-order valence-electron chi connectivity index (χ1n) is 14.2. The molecule has 44 heavy (non-hydrogen) atoms. The van der Waals surface area contributed by atoms with Crippen LogP contribution >= 0.6 is 11.8 Å². The van der Waals surface area contributed by atoms with Crippen molar-refractivity contribution in [3.05, 3.63) is 103 Å². The van der Waals surface area contributed by atoms with Crippen molar-refractivity contribution >= 4 is 55.7 Å². The number of thioether (sulfide) groups is 1. The molecule has 4 aromatic carbocycles. The van der Waals surface area contributed by atoms with E-state index in [-0.39, 0.29) is 29.0 Å². The maximum absolute atomic E-state index is 14.0. The van der Waals surface area contributed by atoms with Gasteiger partial charge in [-0.15, -0.1) is 10.2 Å². The molecule has 0 bridgehead atoms. The Morgan fingerprint density at radius 3 is 2.50 bits per heavy atom. The predicted molar refractivity (Wildman–Crippen MR) is 169 cm³/mol. The van der Waals surface area contributed by atoms with Gasteiger partial charge in [-0.05, 0) is 60.0 Å². The monoisotopic (exact) mass is 624 g/mol. The van der Waals surface area contributed by atoms with E-state index in [0.29, 0.717) is 41.7 Å². The molecule has 222 valence electrons. The SMILES string of the molecule is O=C1CN(C(=O)CSc2nnc([C@H]3CCCN3S(=O)(=O)c3ccc4ccccc4c3)n2-c2ccccc2)c2ccccc2N1. The number of anilines is 2. The lowest BCUT2D eigenvalue weighted by atomic mass is 10.1. The number of para-hydroxylation sites is 3. The highest BCUT2D eigenvalue weighted by molar-refractivity contribution is 7.99. The Kier molecular flexibility index (Phi) is 7.40. The molecule has 0 saturated carbocycles. The fraction of sp³-hybridized carbons (Fsp3) is 0.188. The maximum Gasteiger partial charge on any atom is 0.244 e. The van der Waals surface area contributed by atoms with Crippen LogP contribution in [0.3, 0.4) is 0 Å². The van der Waals surface area contributed by atoms with Crippen LogP contribution in [0.25, 0.3) is 16.5 Å². The lowest BCUT2D eigenvalue weighted by Crippen LogP contribution is -2.43.